The Kier molecular flexibility index (Phi) is 6.46. The lowest BCUT2D eigenvalue weighted by Gasteiger charge is -2.32. The molecule has 0 atom stereocenters. The number of anilines is 1. The molecule has 144 valence electrons. The van der Waals surface area contributed by atoms with Gasteiger partial charge in [0.25, 0.3) is 0 Å². The first-order valence-electron chi connectivity index (χ1n) is 9.30. The number of hydrogen-bond donors (Lipinski definition) is 1. The van der Waals surface area contributed by atoms with Crippen molar-refractivity contribution in [3.63, 3.8) is 0 Å². The standard InChI is InChI=1S/C20H26N4O3/c1-3-27-17-6-4-15(5-7-17)13-21-20(25)16-8-10-24(11-9-16)18-12-19(26-2)23-14-22-18/h4-7,12,14,16H,3,8-11,13H2,1-2H3,(H,21,25). The molecule has 0 saturated carbocycles. The van der Waals surface area contributed by atoms with Crippen LogP contribution in [0.15, 0.2) is 36.7 Å². The van der Waals surface area contributed by atoms with Gasteiger partial charge in [0.15, 0.2) is 0 Å². The van der Waals surface area contributed by atoms with Crippen molar-refractivity contribution >= 4 is 11.7 Å². The number of methoxy groups -OCH3 is 1. The van der Waals surface area contributed by atoms with Gasteiger partial charge in [0, 0.05) is 31.6 Å². The number of piperidine rings is 1. The second kappa shape index (κ2) is 9.21. The summed E-state index contributed by atoms with van der Waals surface area (Å²) in [4.78, 5) is 23.0. The number of hydrogen-bond acceptors (Lipinski definition) is 6. The molecule has 0 spiro atoms. The molecule has 1 N–H and O–H groups in total. The van der Waals surface area contributed by atoms with Crippen molar-refractivity contribution in [2.24, 2.45) is 5.92 Å². The molecule has 27 heavy (non-hydrogen) atoms. The molecule has 0 radical (unpaired) electrons. The normalized spacial score (nSPS) is 14.7. The summed E-state index contributed by atoms with van der Waals surface area (Å²) >= 11 is 0. The van der Waals surface area contributed by atoms with Gasteiger partial charge < -0.3 is 19.7 Å². The molecular formula is C20H26N4O3. The van der Waals surface area contributed by atoms with Crippen LogP contribution in [0, 0.1) is 5.92 Å². The molecule has 2 heterocycles. The molecule has 1 amide bonds. The van der Waals surface area contributed by atoms with Crippen molar-refractivity contribution < 1.29 is 14.3 Å². The van der Waals surface area contributed by atoms with Gasteiger partial charge in [-0.1, -0.05) is 12.1 Å². The van der Waals surface area contributed by atoms with Gasteiger partial charge in [0.2, 0.25) is 11.8 Å². The maximum absolute atomic E-state index is 12.5. The van der Waals surface area contributed by atoms with Crippen molar-refractivity contribution in [1.29, 1.82) is 0 Å². The fourth-order valence-corrected chi connectivity index (χ4v) is 3.19. The largest absolute Gasteiger partial charge is 0.494 e. The highest BCUT2D eigenvalue weighted by Crippen LogP contribution is 2.23. The monoisotopic (exact) mass is 370 g/mol. The van der Waals surface area contributed by atoms with Crippen LogP contribution in [0.5, 0.6) is 11.6 Å². The lowest BCUT2D eigenvalue weighted by Crippen LogP contribution is -2.40. The fourth-order valence-electron chi connectivity index (χ4n) is 3.19. The maximum atomic E-state index is 12.5. The number of nitrogens with one attached hydrogen (secondary N) is 1. The van der Waals surface area contributed by atoms with E-state index in [1.165, 1.54) is 6.33 Å². The first-order chi connectivity index (χ1) is 13.2. The number of nitrogens with zero attached hydrogens (tertiary/aromatic N) is 3. The summed E-state index contributed by atoms with van der Waals surface area (Å²) in [6, 6.07) is 9.65. The minimum atomic E-state index is 0.0349. The van der Waals surface area contributed by atoms with Crippen LogP contribution in [0.4, 0.5) is 5.82 Å². The van der Waals surface area contributed by atoms with E-state index in [1.807, 2.05) is 37.3 Å². The summed E-state index contributed by atoms with van der Waals surface area (Å²) in [6.45, 7) is 4.73. The third-order valence-electron chi connectivity index (χ3n) is 4.73. The zero-order valence-corrected chi connectivity index (χ0v) is 15.9. The maximum Gasteiger partial charge on any atom is 0.223 e. The van der Waals surface area contributed by atoms with E-state index in [4.69, 9.17) is 9.47 Å². The van der Waals surface area contributed by atoms with Gasteiger partial charge >= 0.3 is 0 Å². The molecular weight excluding hydrogens is 344 g/mol. The molecule has 1 aliphatic heterocycles. The van der Waals surface area contributed by atoms with Crippen LogP contribution in [0.1, 0.15) is 25.3 Å². The van der Waals surface area contributed by atoms with Gasteiger partial charge in [-0.15, -0.1) is 0 Å². The summed E-state index contributed by atoms with van der Waals surface area (Å²) < 4.78 is 10.6. The Hall–Kier alpha value is -2.83. The molecule has 0 aliphatic carbocycles. The number of carbonyl (C=O) groups excluding carboxylic acids is 1. The third kappa shape index (κ3) is 5.09. The molecule has 7 nitrogen and oxygen atoms in total. The van der Waals surface area contributed by atoms with E-state index in [-0.39, 0.29) is 11.8 Å². The Morgan fingerprint density at radius 1 is 1.22 bits per heavy atom. The van der Waals surface area contributed by atoms with Crippen LogP contribution in [0.3, 0.4) is 0 Å². The molecule has 3 rings (SSSR count). The highest BCUT2D eigenvalue weighted by atomic mass is 16.5. The number of carbonyl (C=O) groups is 1. The fraction of sp³-hybridized carbons (Fsp3) is 0.450. The highest BCUT2D eigenvalue weighted by molar-refractivity contribution is 5.79. The summed E-state index contributed by atoms with van der Waals surface area (Å²) in [6.07, 6.45) is 3.12. The van der Waals surface area contributed by atoms with Gasteiger partial charge in [0.1, 0.15) is 17.9 Å². The lowest BCUT2D eigenvalue weighted by atomic mass is 9.96. The molecule has 0 bridgehead atoms. The predicted molar refractivity (Wildman–Crippen MR) is 103 cm³/mol. The highest BCUT2D eigenvalue weighted by Gasteiger charge is 2.25. The molecule has 1 fully saturated rings. The average molecular weight is 370 g/mol. The van der Waals surface area contributed by atoms with Crippen LogP contribution in [0.2, 0.25) is 0 Å². The molecule has 7 heteroatoms. The summed E-state index contributed by atoms with van der Waals surface area (Å²) in [5, 5.41) is 3.05. The van der Waals surface area contributed by atoms with Gasteiger partial charge in [-0.3, -0.25) is 4.79 Å². The Bertz CT molecular complexity index is 743. The van der Waals surface area contributed by atoms with E-state index in [1.54, 1.807) is 7.11 Å². The Morgan fingerprint density at radius 3 is 2.63 bits per heavy atom. The van der Waals surface area contributed by atoms with Crippen LogP contribution >= 0.6 is 0 Å². The van der Waals surface area contributed by atoms with Gasteiger partial charge in [-0.25, -0.2) is 9.97 Å². The Morgan fingerprint density at radius 2 is 1.96 bits per heavy atom. The number of aromatic nitrogens is 2. The van der Waals surface area contributed by atoms with Crippen molar-refractivity contribution in [3.05, 3.63) is 42.2 Å². The molecule has 1 saturated heterocycles. The number of benzene rings is 1. The average Bonchev–Trinajstić information content (AvgIpc) is 2.73. The molecule has 1 aromatic carbocycles. The minimum Gasteiger partial charge on any atom is -0.494 e. The quantitative estimate of drug-likeness (QED) is 0.807. The Labute approximate surface area is 159 Å². The number of amides is 1. The van der Waals surface area contributed by atoms with Crippen LogP contribution in [0.25, 0.3) is 0 Å². The molecule has 1 aliphatic rings. The van der Waals surface area contributed by atoms with Gasteiger partial charge in [-0.2, -0.15) is 0 Å². The van der Waals surface area contributed by atoms with E-state index in [2.05, 4.69) is 20.2 Å². The van der Waals surface area contributed by atoms with E-state index in [0.717, 1.165) is 43.1 Å². The topological polar surface area (TPSA) is 76.6 Å². The smallest absolute Gasteiger partial charge is 0.223 e. The summed E-state index contributed by atoms with van der Waals surface area (Å²) in [7, 11) is 1.59. The van der Waals surface area contributed by atoms with Crippen LogP contribution < -0.4 is 19.7 Å². The third-order valence-corrected chi connectivity index (χ3v) is 4.73. The van der Waals surface area contributed by atoms with Crippen LogP contribution in [-0.2, 0) is 11.3 Å². The lowest BCUT2D eigenvalue weighted by molar-refractivity contribution is -0.125. The number of ether oxygens (including phenoxy) is 2. The molecule has 0 unspecified atom stereocenters. The van der Waals surface area contributed by atoms with Gasteiger partial charge in [-0.05, 0) is 37.5 Å². The SMILES string of the molecule is CCOc1ccc(CNC(=O)C2CCN(c3cc(OC)ncn3)CC2)cc1. The Balaban J connectivity index is 1.46. The second-order valence-electron chi connectivity index (χ2n) is 6.47. The van der Waals surface area contributed by atoms with E-state index >= 15 is 0 Å². The minimum absolute atomic E-state index is 0.0349. The van der Waals surface area contributed by atoms with Crippen LogP contribution in [-0.4, -0.2) is 42.7 Å². The van der Waals surface area contributed by atoms with Crippen molar-refractivity contribution in [2.45, 2.75) is 26.3 Å². The zero-order valence-electron chi connectivity index (χ0n) is 15.9. The molecule has 1 aromatic heterocycles. The predicted octanol–water partition coefficient (Wildman–Crippen LogP) is 2.42. The summed E-state index contributed by atoms with van der Waals surface area (Å²) in [5.41, 5.74) is 1.07. The van der Waals surface area contributed by atoms with Crippen molar-refractivity contribution in [3.8, 4) is 11.6 Å². The molecule has 2 aromatic rings. The van der Waals surface area contributed by atoms with E-state index in [9.17, 15) is 4.79 Å². The van der Waals surface area contributed by atoms with Crippen molar-refractivity contribution in [1.82, 2.24) is 15.3 Å². The van der Waals surface area contributed by atoms with Crippen molar-refractivity contribution in [2.75, 3.05) is 31.7 Å². The van der Waals surface area contributed by atoms with E-state index < -0.39 is 0 Å². The number of rotatable bonds is 7. The first kappa shape index (κ1) is 18.9. The van der Waals surface area contributed by atoms with E-state index in [0.29, 0.717) is 19.0 Å². The first-order valence-corrected chi connectivity index (χ1v) is 9.30. The zero-order chi connectivity index (χ0) is 19.1. The second-order valence-corrected chi connectivity index (χ2v) is 6.47. The summed E-state index contributed by atoms with van der Waals surface area (Å²) in [5.74, 6) is 2.39. The van der Waals surface area contributed by atoms with Gasteiger partial charge in [0.05, 0.1) is 13.7 Å².